The van der Waals surface area contributed by atoms with E-state index in [9.17, 15) is 14.7 Å². The molecule has 1 aromatic carbocycles. The molecule has 0 saturated carbocycles. The van der Waals surface area contributed by atoms with E-state index in [0.29, 0.717) is 42.6 Å². The van der Waals surface area contributed by atoms with Gasteiger partial charge in [0.1, 0.15) is 16.5 Å². The van der Waals surface area contributed by atoms with Crippen LogP contribution < -0.4 is 20.1 Å². The van der Waals surface area contributed by atoms with Crippen LogP contribution in [0.25, 0.3) is 0 Å². The maximum Gasteiger partial charge on any atom is 0.243 e. The summed E-state index contributed by atoms with van der Waals surface area (Å²) in [5, 5.41) is 15.2. The fraction of sp³-hybridized carbons (Fsp3) is 0.619. The van der Waals surface area contributed by atoms with Gasteiger partial charge in [0.25, 0.3) is 0 Å². The van der Waals surface area contributed by atoms with Gasteiger partial charge in [-0.3, -0.25) is 14.9 Å². The van der Waals surface area contributed by atoms with Crippen LogP contribution in [0.3, 0.4) is 0 Å². The van der Waals surface area contributed by atoms with Crippen molar-refractivity contribution in [3.63, 3.8) is 0 Å². The normalized spacial score (nSPS) is 24.6. The van der Waals surface area contributed by atoms with E-state index in [1.165, 1.54) is 0 Å². The molecule has 1 aromatic rings. The van der Waals surface area contributed by atoms with Gasteiger partial charge in [-0.15, -0.1) is 0 Å². The summed E-state index contributed by atoms with van der Waals surface area (Å²) in [6.45, 7) is 5.42. The van der Waals surface area contributed by atoms with Gasteiger partial charge in [0.2, 0.25) is 11.8 Å². The smallest absolute Gasteiger partial charge is 0.243 e. The predicted octanol–water partition coefficient (Wildman–Crippen LogP) is 1.99. The zero-order valence-electron chi connectivity index (χ0n) is 17.7. The quantitative estimate of drug-likeness (QED) is 0.600. The number of hydrogen-bond donors (Lipinski definition) is 3. The van der Waals surface area contributed by atoms with Crippen LogP contribution in [0, 0.1) is 0 Å². The first kappa shape index (κ1) is 22.7. The third kappa shape index (κ3) is 4.82. The lowest BCUT2D eigenvalue weighted by atomic mass is 9.88. The zero-order valence-corrected chi connectivity index (χ0v) is 18.4. The van der Waals surface area contributed by atoms with E-state index in [4.69, 9.17) is 21.1 Å². The van der Waals surface area contributed by atoms with Crippen molar-refractivity contribution in [2.75, 3.05) is 26.8 Å². The number of aliphatic hydroxyl groups excluding tert-OH is 1. The Hall–Kier alpha value is -2.03. The van der Waals surface area contributed by atoms with Crippen LogP contribution in [-0.4, -0.2) is 60.5 Å². The Labute approximate surface area is 181 Å². The molecule has 2 aliphatic heterocycles. The van der Waals surface area contributed by atoms with Crippen LogP contribution >= 0.6 is 11.6 Å². The van der Waals surface area contributed by atoms with Crippen molar-refractivity contribution < 1.29 is 24.2 Å². The van der Waals surface area contributed by atoms with Crippen LogP contribution in [0.4, 0.5) is 0 Å². The van der Waals surface area contributed by atoms with Crippen molar-refractivity contribution in [2.45, 2.75) is 57.3 Å². The number of ether oxygens (including phenoxy) is 2. The van der Waals surface area contributed by atoms with Crippen LogP contribution in [0.1, 0.15) is 51.0 Å². The molecular weight excluding hydrogens is 410 g/mol. The summed E-state index contributed by atoms with van der Waals surface area (Å²) < 4.78 is 11.0. The molecule has 3 N–H and O–H groups in total. The Morgan fingerprint density at radius 2 is 2.00 bits per heavy atom. The molecule has 2 amide bonds. The lowest BCUT2D eigenvalue weighted by molar-refractivity contribution is -0.133. The zero-order chi connectivity index (χ0) is 21.9. The molecule has 2 aliphatic rings. The molecule has 2 heterocycles. The van der Waals surface area contributed by atoms with E-state index >= 15 is 0 Å². The second-order valence-electron chi connectivity index (χ2n) is 7.98. The predicted molar refractivity (Wildman–Crippen MR) is 113 cm³/mol. The fourth-order valence-electron chi connectivity index (χ4n) is 4.09. The molecule has 1 unspecified atom stereocenters. The number of halogens is 1. The van der Waals surface area contributed by atoms with E-state index < -0.39 is 11.9 Å². The summed E-state index contributed by atoms with van der Waals surface area (Å²) in [7, 11) is 1.58. The molecule has 2 saturated heterocycles. The topological polar surface area (TPSA) is 100 Å². The van der Waals surface area contributed by atoms with E-state index in [0.717, 1.165) is 18.4 Å². The minimum Gasteiger partial charge on any atom is -0.495 e. The molecule has 0 aromatic heterocycles. The van der Waals surface area contributed by atoms with Gasteiger partial charge in [-0.1, -0.05) is 11.6 Å². The third-order valence-electron chi connectivity index (χ3n) is 5.93. The molecule has 30 heavy (non-hydrogen) atoms. The van der Waals surface area contributed by atoms with E-state index in [2.05, 4.69) is 10.6 Å². The fourth-order valence-corrected chi connectivity index (χ4v) is 4.33. The highest BCUT2D eigenvalue weighted by atomic mass is 35.5. The SMILES string of the molecule is CCOc1cc(C2CCN(C(=O)CC[C@@]3(C)NC(O)NC3=O)CC2)cc(OC)c1Cl. The molecule has 2 fully saturated rings. The number of carbonyl (C=O) groups is 2. The number of amides is 2. The van der Waals surface area contributed by atoms with Crippen LogP contribution in [0.5, 0.6) is 11.5 Å². The number of methoxy groups -OCH3 is 1. The van der Waals surface area contributed by atoms with E-state index in [1.54, 1.807) is 14.0 Å². The maximum atomic E-state index is 12.7. The van der Waals surface area contributed by atoms with Crippen molar-refractivity contribution in [3.05, 3.63) is 22.7 Å². The van der Waals surface area contributed by atoms with Crippen molar-refractivity contribution in [2.24, 2.45) is 0 Å². The number of rotatable bonds is 7. The third-order valence-corrected chi connectivity index (χ3v) is 6.30. The van der Waals surface area contributed by atoms with Crippen LogP contribution in [0.15, 0.2) is 12.1 Å². The first-order valence-electron chi connectivity index (χ1n) is 10.3. The first-order valence-corrected chi connectivity index (χ1v) is 10.7. The van der Waals surface area contributed by atoms with Gasteiger partial charge in [0.15, 0.2) is 6.35 Å². The van der Waals surface area contributed by atoms with Gasteiger partial charge in [0, 0.05) is 19.5 Å². The number of aliphatic hydroxyl groups is 1. The average Bonchev–Trinajstić information content (AvgIpc) is 2.99. The summed E-state index contributed by atoms with van der Waals surface area (Å²) in [4.78, 5) is 26.5. The summed E-state index contributed by atoms with van der Waals surface area (Å²) in [5.74, 6) is 1.23. The highest BCUT2D eigenvalue weighted by Gasteiger charge is 2.42. The molecule has 2 atom stereocenters. The van der Waals surface area contributed by atoms with E-state index in [-0.39, 0.29) is 24.2 Å². The second-order valence-corrected chi connectivity index (χ2v) is 8.35. The number of carbonyl (C=O) groups excluding carboxylic acids is 2. The molecule has 0 spiro atoms. The number of likely N-dealkylation sites (tertiary alicyclic amines) is 1. The summed E-state index contributed by atoms with van der Waals surface area (Å²) in [5.41, 5.74) is 0.170. The number of nitrogens with one attached hydrogen (secondary N) is 2. The van der Waals surface area contributed by atoms with Crippen LogP contribution in [-0.2, 0) is 9.59 Å². The lowest BCUT2D eigenvalue weighted by Gasteiger charge is -2.33. The Bertz CT molecular complexity index is 797. The van der Waals surface area contributed by atoms with Gasteiger partial charge in [-0.25, -0.2) is 0 Å². The molecule has 9 heteroatoms. The minimum absolute atomic E-state index is 0.0226. The van der Waals surface area contributed by atoms with Gasteiger partial charge < -0.3 is 24.8 Å². The van der Waals surface area contributed by atoms with Crippen molar-refractivity contribution in [1.29, 1.82) is 0 Å². The van der Waals surface area contributed by atoms with Gasteiger partial charge >= 0.3 is 0 Å². The number of piperidine rings is 1. The molecule has 0 radical (unpaired) electrons. The Kier molecular flexibility index (Phi) is 7.10. The Balaban J connectivity index is 1.57. The standard InChI is InChI=1S/C21H30ClN3O5/c1-4-30-16-12-14(11-15(29-3)18(16)22)13-6-9-25(10-7-13)17(26)5-8-21(2)19(27)23-20(28)24-21/h11-13,20,24,28H,4-10H2,1-3H3,(H,23,27)/t20?,21-/m1/s1. The minimum atomic E-state index is -1.06. The molecule has 0 bridgehead atoms. The van der Waals surface area contributed by atoms with Crippen molar-refractivity contribution in [3.8, 4) is 11.5 Å². The Morgan fingerprint density at radius 1 is 1.33 bits per heavy atom. The molecule has 0 aliphatic carbocycles. The summed E-state index contributed by atoms with van der Waals surface area (Å²) >= 11 is 6.33. The number of benzene rings is 1. The number of nitrogens with zero attached hydrogens (tertiary/aromatic N) is 1. The van der Waals surface area contributed by atoms with Crippen LogP contribution in [0.2, 0.25) is 5.02 Å². The van der Waals surface area contributed by atoms with Crippen molar-refractivity contribution >= 4 is 23.4 Å². The molecule has 3 rings (SSSR count). The first-order chi connectivity index (χ1) is 14.3. The monoisotopic (exact) mass is 439 g/mol. The Morgan fingerprint density at radius 3 is 2.57 bits per heavy atom. The second kappa shape index (κ2) is 9.41. The lowest BCUT2D eigenvalue weighted by Crippen LogP contribution is -2.46. The number of hydrogen-bond acceptors (Lipinski definition) is 6. The summed E-state index contributed by atoms with van der Waals surface area (Å²) in [6.07, 6.45) is 1.18. The van der Waals surface area contributed by atoms with Gasteiger partial charge in [-0.05, 0) is 56.7 Å². The molecule has 8 nitrogen and oxygen atoms in total. The molecular formula is C21H30ClN3O5. The van der Waals surface area contributed by atoms with E-state index in [1.807, 2.05) is 24.0 Å². The average molecular weight is 440 g/mol. The molecule has 166 valence electrons. The van der Waals surface area contributed by atoms with Gasteiger partial charge in [0.05, 0.1) is 19.3 Å². The largest absolute Gasteiger partial charge is 0.495 e. The highest BCUT2D eigenvalue weighted by Crippen LogP contribution is 2.40. The highest BCUT2D eigenvalue weighted by molar-refractivity contribution is 6.33. The summed E-state index contributed by atoms with van der Waals surface area (Å²) in [6, 6.07) is 3.91. The maximum absolute atomic E-state index is 12.7. The van der Waals surface area contributed by atoms with Gasteiger partial charge in [-0.2, -0.15) is 0 Å². The van der Waals surface area contributed by atoms with Crippen molar-refractivity contribution in [1.82, 2.24) is 15.5 Å².